The average Bonchev–Trinajstić information content (AvgIpc) is 3.25. The summed E-state index contributed by atoms with van der Waals surface area (Å²) >= 11 is 5.84. The van der Waals surface area contributed by atoms with Gasteiger partial charge in [0, 0.05) is 17.8 Å². The molecule has 0 heterocycles. The van der Waals surface area contributed by atoms with Crippen molar-refractivity contribution in [2.45, 2.75) is 44.6 Å². The van der Waals surface area contributed by atoms with Crippen LogP contribution in [0.5, 0.6) is 0 Å². The van der Waals surface area contributed by atoms with E-state index in [2.05, 4.69) is 5.32 Å². The molecule has 2 atom stereocenters. The van der Waals surface area contributed by atoms with Crippen LogP contribution in [0.3, 0.4) is 0 Å². The Morgan fingerprint density at radius 3 is 2.70 bits per heavy atom. The molecule has 0 radical (unpaired) electrons. The number of anilines is 1. The van der Waals surface area contributed by atoms with Crippen LogP contribution in [-0.2, 0) is 0 Å². The summed E-state index contributed by atoms with van der Waals surface area (Å²) in [5.74, 6) is 1.79. The van der Waals surface area contributed by atoms with E-state index in [-0.39, 0.29) is 10.7 Å². The molecule has 2 aliphatic carbocycles. The first kappa shape index (κ1) is 13.7. The monoisotopic (exact) mass is 294 g/mol. The second-order valence-corrected chi connectivity index (χ2v) is 6.44. The first-order chi connectivity index (χ1) is 9.63. The molecule has 0 spiro atoms. The molecule has 3 rings (SSSR count). The van der Waals surface area contributed by atoms with Crippen molar-refractivity contribution in [3.63, 3.8) is 0 Å². The van der Waals surface area contributed by atoms with Crippen molar-refractivity contribution in [3.05, 3.63) is 33.3 Å². The summed E-state index contributed by atoms with van der Waals surface area (Å²) < 4.78 is 0. The van der Waals surface area contributed by atoms with Crippen LogP contribution in [0, 0.1) is 22.0 Å². The highest BCUT2D eigenvalue weighted by Gasteiger charge is 2.34. The molecule has 5 heteroatoms. The third-order valence-electron chi connectivity index (χ3n) is 4.52. The number of halogens is 1. The molecule has 4 nitrogen and oxygen atoms in total. The first-order valence-corrected chi connectivity index (χ1v) is 7.72. The lowest BCUT2D eigenvalue weighted by molar-refractivity contribution is -0.384. The number of nitro groups is 1. The number of nitrogens with zero attached hydrogens (tertiary/aromatic N) is 1. The largest absolute Gasteiger partial charge is 0.382 e. The zero-order chi connectivity index (χ0) is 14.1. The SMILES string of the molecule is O=[N+]([O-])c1cc(NC2CCCC(C3CC3)C2)ccc1Cl. The minimum Gasteiger partial charge on any atom is -0.382 e. The van der Waals surface area contributed by atoms with Crippen molar-refractivity contribution >= 4 is 23.0 Å². The lowest BCUT2D eigenvalue weighted by atomic mass is 9.82. The van der Waals surface area contributed by atoms with Crippen molar-refractivity contribution in [1.82, 2.24) is 0 Å². The highest BCUT2D eigenvalue weighted by atomic mass is 35.5. The molecule has 20 heavy (non-hydrogen) atoms. The Hall–Kier alpha value is -1.29. The van der Waals surface area contributed by atoms with Crippen molar-refractivity contribution in [2.75, 3.05) is 5.32 Å². The second kappa shape index (κ2) is 5.60. The topological polar surface area (TPSA) is 55.2 Å². The van der Waals surface area contributed by atoms with Crippen LogP contribution < -0.4 is 5.32 Å². The lowest BCUT2D eigenvalue weighted by Crippen LogP contribution is -2.28. The van der Waals surface area contributed by atoms with E-state index < -0.39 is 4.92 Å². The third kappa shape index (κ3) is 3.06. The summed E-state index contributed by atoms with van der Waals surface area (Å²) in [5.41, 5.74) is 0.786. The number of hydrogen-bond acceptors (Lipinski definition) is 3. The normalized spacial score (nSPS) is 26.2. The number of rotatable bonds is 4. The Kier molecular flexibility index (Phi) is 3.83. The van der Waals surface area contributed by atoms with Crippen LogP contribution in [-0.4, -0.2) is 11.0 Å². The van der Waals surface area contributed by atoms with Crippen LogP contribution in [0.4, 0.5) is 11.4 Å². The van der Waals surface area contributed by atoms with Crippen molar-refractivity contribution < 1.29 is 4.92 Å². The van der Waals surface area contributed by atoms with Gasteiger partial charge in [-0.25, -0.2) is 0 Å². The quantitative estimate of drug-likeness (QED) is 0.650. The lowest BCUT2D eigenvalue weighted by Gasteiger charge is -2.30. The van der Waals surface area contributed by atoms with E-state index in [1.165, 1.54) is 32.1 Å². The third-order valence-corrected chi connectivity index (χ3v) is 4.84. The number of hydrogen-bond donors (Lipinski definition) is 1. The van der Waals surface area contributed by atoms with Crippen LogP contribution >= 0.6 is 11.6 Å². The molecule has 0 aliphatic heterocycles. The maximum Gasteiger partial charge on any atom is 0.289 e. The fraction of sp³-hybridized carbons (Fsp3) is 0.600. The van der Waals surface area contributed by atoms with Gasteiger partial charge in [0.05, 0.1) is 4.92 Å². The van der Waals surface area contributed by atoms with E-state index in [0.29, 0.717) is 6.04 Å². The van der Waals surface area contributed by atoms with E-state index in [9.17, 15) is 10.1 Å². The smallest absolute Gasteiger partial charge is 0.289 e. The van der Waals surface area contributed by atoms with Gasteiger partial charge in [0.1, 0.15) is 5.02 Å². The van der Waals surface area contributed by atoms with E-state index >= 15 is 0 Å². The highest BCUT2D eigenvalue weighted by molar-refractivity contribution is 6.32. The molecule has 2 aliphatic rings. The summed E-state index contributed by atoms with van der Waals surface area (Å²) in [6.07, 6.45) is 7.74. The Morgan fingerprint density at radius 1 is 1.20 bits per heavy atom. The predicted octanol–water partition coefficient (Wildman–Crippen LogP) is 4.63. The van der Waals surface area contributed by atoms with Gasteiger partial charge in [-0.05, 0) is 49.7 Å². The van der Waals surface area contributed by atoms with Gasteiger partial charge in [0.2, 0.25) is 0 Å². The fourth-order valence-electron chi connectivity index (χ4n) is 3.33. The summed E-state index contributed by atoms with van der Waals surface area (Å²) in [4.78, 5) is 10.5. The first-order valence-electron chi connectivity index (χ1n) is 7.34. The van der Waals surface area contributed by atoms with Crippen LogP contribution in [0.2, 0.25) is 5.02 Å². The van der Waals surface area contributed by atoms with Crippen molar-refractivity contribution in [1.29, 1.82) is 0 Å². The summed E-state index contributed by atoms with van der Waals surface area (Å²) in [6.45, 7) is 0. The molecule has 0 aromatic heterocycles. The van der Waals surface area contributed by atoms with E-state index in [1.807, 2.05) is 6.07 Å². The highest BCUT2D eigenvalue weighted by Crippen LogP contribution is 2.44. The Morgan fingerprint density at radius 2 is 2.00 bits per heavy atom. The zero-order valence-corrected chi connectivity index (χ0v) is 12.1. The Labute approximate surface area is 123 Å². The predicted molar refractivity (Wildman–Crippen MR) is 80.2 cm³/mol. The van der Waals surface area contributed by atoms with Crippen molar-refractivity contribution in [2.24, 2.45) is 11.8 Å². The fourth-order valence-corrected chi connectivity index (χ4v) is 3.52. The second-order valence-electron chi connectivity index (χ2n) is 6.03. The minimum atomic E-state index is -0.429. The van der Waals surface area contributed by atoms with Crippen LogP contribution in [0.15, 0.2) is 18.2 Å². The zero-order valence-electron chi connectivity index (χ0n) is 11.3. The van der Waals surface area contributed by atoms with E-state index in [1.54, 1.807) is 12.1 Å². The maximum absolute atomic E-state index is 10.9. The molecule has 2 saturated carbocycles. The van der Waals surface area contributed by atoms with Crippen LogP contribution in [0.25, 0.3) is 0 Å². The molecular weight excluding hydrogens is 276 g/mol. The van der Waals surface area contributed by atoms with Gasteiger partial charge in [-0.3, -0.25) is 10.1 Å². The maximum atomic E-state index is 10.9. The minimum absolute atomic E-state index is 0.0220. The summed E-state index contributed by atoms with van der Waals surface area (Å²) in [6, 6.07) is 5.41. The number of benzene rings is 1. The van der Waals surface area contributed by atoms with Gasteiger partial charge >= 0.3 is 0 Å². The van der Waals surface area contributed by atoms with Gasteiger partial charge in [-0.1, -0.05) is 24.4 Å². The van der Waals surface area contributed by atoms with Gasteiger partial charge < -0.3 is 5.32 Å². The number of nitro benzene ring substituents is 1. The molecule has 2 unspecified atom stereocenters. The molecule has 108 valence electrons. The summed E-state index contributed by atoms with van der Waals surface area (Å²) in [5, 5.41) is 14.6. The number of nitrogens with one attached hydrogen (secondary N) is 1. The van der Waals surface area contributed by atoms with E-state index in [0.717, 1.165) is 23.9 Å². The molecule has 2 fully saturated rings. The Balaban J connectivity index is 1.67. The molecule has 1 aromatic rings. The summed E-state index contributed by atoms with van der Waals surface area (Å²) in [7, 11) is 0. The molecule has 1 N–H and O–H groups in total. The molecular formula is C15H19ClN2O2. The molecule has 0 amide bonds. The standard InChI is InChI=1S/C15H19ClN2O2/c16-14-7-6-13(9-15(14)18(19)20)17-12-3-1-2-11(8-12)10-4-5-10/h6-7,9-12,17H,1-5,8H2. The molecule has 0 bridgehead atoms. The Bertz CT molecular complexity index is 517. The van der Waals surface area contributed by atoms with Gasteiger partial charge in [-0.2, -0.15) is 0 Å². The average molecular weight is 295 g/mol. The van der Waals surface area contributed by atoms with E-state index in [4.69, 9.17) is 11.6 Å². The molecule has 0 saturated heterocycles. The molecule has 1 aromatic carbocycles. The van der Waals surface area contributed by atoms with Gasteiger partial charge in [0.25, 0.3) is 5.69 Å². The van der Waals surface area contributed by atoms with Gasteiger partial charge in [-0.15, -0.1) is 0 Å². The van der Waals surface area contributed by atoms with Crippen LogP contribution in [0.1, 0.15) is 38.5 Å². The van der Waals surface area contributed by atoms with Gasteiger partial charge in [0.15, 0.2) is 0 Å². The van der Waals surface area contributed by atoms with Crippen molar-refractivity contribution in [3.8, 4) is 0 Å².